The lowest BCUT2D eigenvalue weighted by Gasteiger charge is -2.40. The highest BCUT2D eigenvalue weighted by molar-refractivity contribution is 5.96. The fraction of sp³-hybridized carbons (Fsp3) is 0.857. The van der Waals surface area contributed by atoms with Gasteiger partial charge in [-0.1, -0.05) is 26.7 Å². The molecule has 0 aromatic heterocycles. The highest BCUT2D eigenvalue weighted by Crippen LogP contribution is 2.18. The minimum atomic E-state index is -0.366. The molecule has 110 valence electrons. The summed E-state index contributed by atoms with van der Waals surface area (Å²) >= 11 is 0. The fourth-order valence-corrected chi connectivity index (χ4v) is 2.44. The van der Waals surface area contributed by atoms with Crippen molar-refractivity contribution in [3.05, 3.63) is 0 Å². The van der Waals surface area contributed by atoms with Crippen molar-refractivity contribution in [2.45, 2.75) is 64.6 Å². The van der Waals surface area contributed by atoms with Crippen LogP contribution in [0.25, 0.3) is 0 Å². The Morgan fingerprint density at radius 2 is 1.89 bits per heavy atom. The Labute approximate surface area is 115 Å². The van der Waals surface area contributed by atoms with E-state index in [-0.39, 0.29) is 30.0 Å². The van der Waals surface area contributed by atoms with Gasteiger partial charge in [0.15, 0.2) is 0 Å². The van der Waals surface area contributed by atoms with Crippen LogP contribution in [-0.4, -0.2) is 48.6 Å². The molecule has 1 N–H and O–H groups in total. The quantitative estimate of drug-likeness (QED) is 0.759. The molecule has 19 heavy (non-hydrogen) atoms. The van der Waals surface area contributed by atoms with Crippen molar-refractivity contribution in [2.24, 2.45) is 0 Å². The van der Waals surface area contributed by atoms with Gasteiger partial charge >= 0.3 is 0 Å². The summed E-state index contributed by atoms with van der Waals surface area (Å²) in [6.07, 6.45) is 3.09. The van der Waals surface area contributed by atoms with Gasteiger partial charge in [-0.2, -0.15) is 0 Å². The highest BCUT2D eigenvalue weighted by atomic mass is 16.5. The summed E-state index contributed by atoms with van der Waals surface area (Å²) in [6.45, 7) is 6.43. The molecule has 0 radical (unpaired) electrons. The number of nitrogens with zero attached hydrogens (tertiary/aromatic N) is 1. The molecule has 1 fully saturated rings. The summed E-state index contributed by atoms with van der Waals surface area (Å²) in [5.74, 6) is 0.00648. The van der Waals surface area contributed by atoms with Gasteiger partial charge < -0.3 is 15.0 Å². The third-order valence-electron chi connectivity index (χ3n) is 3.57. The first-order valence-electron chi connectivity index (χ1n) is 7.18. The van der Waals surface area contributed by atoms with Gasteiger partial charge in [0.05, 0.1) is 6.10 Å². The molecule has 1 heterocycles. The van der Waals surface area contributed by atoms with E-state index in [1.165, 1.54) is 0 Å². The third kappa shape index (κ3) is 3.93. The van der Waals surface area contributed by atoms with Crippen LogP contribution in [-0.2, 0) is 14.3 Å². The third-order valence-corrected chi connectivity index (χ3v) is 3.57. The molecule has 0 aliphatic carbocycles. The number of methoxy groups -OCH3 is 1. The van der Waals surface area contributed by atoms with Crippen molar-refractivity contribution in [3.63, 3.8) is 0 Å². The second-order valence-corrected chi connectivity index (χ2v) is 5.19. The maximum absolute atomic E-state index is 12.5. The molecule has 1 rings (SSSR count). The number of rotatable bonds is 7. The van der Waals surface area contributed by atoms with Crippen LogP contribution in [0.2, 0.25) is 0 Å². The monoisotopic (exact) mass is 270 g/mol. The SMILES string of the molecule is CCCC1NC(=O)C(CCC)N(CC(C)OC)C1=O. The summed E-state index contributed by atoms with van der Waals surface area (Å²) in [4.78, 5) is 26.3. The van der Waals surface area contributed by atoms with Crippen LogP contribution in [0.1, 0.15) is 46.5 Å². The van der Waals surface area contributed by atoms with Gasteiger partial charge in [0.2, 0.25) is 11.8 Å². The average Bonchev–Trinajstić information content (AvgIpc) is 2.39. The number of carbonyl (C=O) groups is 2. The topological polar surface area (TPSA) is 58.6 Å². The number of piperazine rings is 1. The van der Waals surface area contributed by atoms with E-state index in [0.29, 0.717) is 19.4 Å². The van der Waals surface area contributed by atoms with Crippen LogP contribution in [0.4, 0.5) is 0 Å². The predicted molar refractivity (Wildman–Crippen MR) is 73.7 cm³/mol. The van der Waals surface area contributed by atoms with Crippen LogP contribution in [0.15, 0.2) is 0 Å². The molecule has 0 aromatic rings. The Morgan fingerprint density at radius 3 is 2.42 bits per heavy atom. The van der Waals surface area contributed by atoms with E-state index in [0.717, 1.165) is 12.8 Å². The first kappa shape index (κ1) is 16.0. The molecular formula is C14H26N2O3. The maximum atomic E-state index is 12.5. The van der Waals surface area contributed by atoms with E-state index in [1.54, 1.807) is 12.0 Å². The predicted octanol–water partition coefficient (Wildman–Crippen LogP) is 1.32. The molecule has 3 atom stereocenters. The molecule has 0 saturated carbocycles. The van der Waals surface area contributed by atoms with E-state index in [9.17, 15) is 9.59 Å². The Hall–Kier alpha value is -1.10. The molecule has 0 bridgehead atoms. The Bertz CT molecular complexity index is 320. The molecule has 2 amide bonds. The van der Waals surface area contributed by atoms with Gasteiger partial charge in [0, 0.05) is 13.7 Å². The van der Waals surface area contributed by atoms with Crippen molar-refractivity contribution < 1.29 is 14.3 Å². The lowest BCUT2D eigenvalue weighted by molar-refractivity contribution is -0.151. The number of ether oxygens (including phenoxy) is 1. The average molecular weight is 270 g/mol. The highest BCUT2D eigenvalue weighted by Gasteiger charge is 2.39. The zero-order valence-corrected chi connectivity index (χ0v) is 12.4. The minimum absolute atomic E-state index is 0.0248. The number of amides is 2. The first-order chi connectivity index (χ1) is 9.04. The van der Waals surface area contributed by atoms with Crippen LogP contribution >= 0.6 is 0 Å². The second-order valence-electron chi connectivity index (χ2n) is 5.19. The summed E-state index contributed by atoms with van der Waals surface area (Å²) < 4.78 is 5.23. The second kappa shape index (κ2) is 7.48. The van der Waals surface area contributed by atoms with Crippen molar-refractivity contribution in [1.29, 1.82) is 0 Å². The molecule has 3 unspecified atom stereocenters. The van der Waals surface area contributed by atoms with Gasteiger partial charge in [-0.15, -0.1) is 0 Å². The summed E-state index contributed by atoms with van der Waals surface area (Å²) in [5, 5.41) is 2.85. The van der Waals surface area contributed by atoms with Crippen molar-refractivity contribution in [2.75, 3.05) is 13.7 Å². The van der Waals surface area contributed by atoms with Crippen molar-refractivity contribution in [1.82, 2.24) is 10.2 Å². The van der Waals surface area contributed by atoms with Gasteiger partial charge in [0.25, 0.3) is 0 Å². The standard InChI is InChI=1S/C14H26N2O3/c1-5-7-11-14(18)16(9-10(3)19-4)12(8-6-2)13(17)15-11/h10-12H,5-9H2,1-4H3,(H,15,17). The van der Waals surface area contributed by atoms with E-state index in [2.05, 4.69) is 5.32 Å². The van der Waals surface area contributed by atoms with Crippen LogP contribution in [0.5, 0.6) is 0 Å². The van der Waals surface area contributed by atoms with Crippen molar-refractivity contribution in [3.8, 4) is 0 Å². The maximum Gasteiger partial charge on any atom is 0.245 e. The van der Waals surface area contributed by atoms with Crippen LogP contribution in [0, 0.1) is 0 Å². The lowest BCUT2D eigenvalue weighted by atomic mass is 10.00. The summed E-state index contributed by atoms with van der Waals surface area (Å²) in [6, 6.07) is -0.710. The molecule has 1 aliphatic heterocycles. The number of carbonyl (C=O) groups excluding carboxylic acids is 2. The Morgan fingerprint density at radius 1 is 1.26 bits per heavy atom. The molecule has 0 spiro atoms. The molecule has 5 heteroatoms. The van der Waals surface area contributed by atoms with Gasteiger partial charge in [-0.3, -0.25) is 9.59 Å². The van der Waals surface area contributed by atoms with E-state index < -0.39 is 0 Å². The number of nitrogens with one attached hydrogen (secondary N) is 1. The zero-order chi connectivity index (χ0) is 14.4. The smallest absolute Gasteiger partial charge is 0.245 e. The van der Waals surface area contributed by atoms with E-state index >= 15 is 0 Å². The number of hydrogen-bond donors (Lipinski definition) is 1. The number of hydrogen-bond acceptors (Lipinski definition) is 3. The van der Waals surface area contributed by atoms with Gasteiger partial charge in [-0.05, 0) is 19.8 Å². The molecule has 1 saturated heterocycles. The van der Waals surface area contributed by atoms with Gasteiger partial charge in [-0.25, -0.2) is 0 Å². The normalized spacial score (nSPS) is 25.4. The lowest BCUT2D eigenvalue weighted by Crippen LogP contribution is -2.64. The fourth-order valence-electron chi connectivity index (χ4n) is 2.44. The zero-order valence-electron chi connectivity index (χ0n) is 12.4. The van der Waals surface area contributed by atoms with E-state index in [1.807, 2.05) is 20.8 Å². The van der Waals surface area contributed by atoms with Gasteiger partial charge in [0.1, 0.15) is 12.1 Å². The Kier molecular flexibility index (Phi) is 6.28. The van der Waals surface area contributed by atoms with E-state index in [4.69, 9.17) is 4.74 Å². The van der Waals surface area contributed by atoms with Crippen LogP contribution in [0.3, 0.4) is 0 Å². The largest absolute Gasteiger partial charge is 0.380 e. The molecular weight excluding hydrogens is 244 g/mol. The molecule has 1 aliphatic rings. The minimum Gasteiger partial charge on any atom is -0.380 e. The Balaban J connectivity index is 2.86. The summed E-state index contributed by atoms with van der Waals surface area (Å²) in [5.41, 5.74) is 0. The molecule has 5 nitrogen and oxygen atoms in total. The first-order valence-corrected chi connectivity index (χ1v) is 7.18. The summed E-state index contributed by atoms with van der Waals surface area (Å²) in [7, 11) is 1.62. The van der Waals surface area contributed by atoms with Crippen LogP contribution < -0.4 is 5.32 Å². The molecule has 0 aromatic carbocycles. The van der Waals surface area contributed by atoms with Crippen molar-refractivity contribution >= 4 is 11.8 Å².